The van der Waals surface area contributed by atoms with Gasteiger partial charge >= 0.3 is 0 Å². The highest BCUT2D eigenvalue weighted by Gasteiger charge is 2.42. The van der Waals surface area contributed by atoms with Gasteiger partial charge in [0.1, 0.15) is 23.8 Å². The molecule has 0 radical (unpaired) electrons. The fourth-order valence-electron chi connectivity index (χ4n) is 4.28. The Kier molecular flexibility index (Phi) is 7.70. The van der Waals surface area contributed by atoms with Crippen molar-refractivity contribution in [2.75, 3.05) is 59.5 Å². The van der Waals surface area contributed by atoms with Gasteiger partial charge in [-0.3, -0.25) is 9.59 Å². The first kappa shape index (κ1) is 24.4. The third-order valence-electron chi connectivity index (χ3n) is 6.23. The third kappa shape index (κ3) is 6.05. The number of amides is 2. The first-order valence-electron chi connectivity index (χ1n) is 11.4. The van der Waals surface area contributed by atoms with Crippen molar-refractivity contribution in [2.24, 2.45) is 0 Å². The van der Waals surface area contributed by atoms with Crippen LogP contribution in [0.25, 0.3) is 0 Å². The second-order valence-corrected chi connectivity index (χ2v) is 9.31. The normalized spacial score (nSPS) is 21.4. The number of rotatable bonds is 6. The van der Waals surface area contributed by atoms with Crippen LogP contribution in [0.2, 0.25) is 5.02 Å². The minimum atomic E-state index is -1.04. The minimum Gasteiger partial charge on any atom is -0.490 e. The molecule has 2 saturated heterocycles. The van der Waals surface area contributed by atoms with Crippen LogP contribution < -0.4 is 4.74 Å². The molecule has 0 spiro atoms. The Bertz CT molecular complexity index is 1030. The SMILES string of the molecule is CN1CCN(C(=O)CC2(COc3cccc(Cl)c3)CN(C(=O)c3cccc(F)c3)CCO2)CC1. The largest absolute Gasteiger partial charge is 0.490 e. The van der Waals surface area contributed by atoms with Gasteiger partial charge in [-0.1, -0.05) is 23.7 Å². The molecule has 2 fully saturated rings. The molecule has 4 rings (SSSR count). The van der Waals surface area contributed by atoms with E-state index >= 15 is 0 Å². The van der Waals surface area contributed by atoms with Crippen LogP contribution >= 0.6 is 11.6 Å². The van der Waals surface area contributed by atoms with Gasteiger partial charge in [-0.2, -0.15) is 0 Å². The average Bonchev–Trinajstić information content (AvgIpc) is 2.83. The molecule has 2 aliphatic rings. The number of benzene rings is 2. The van der Waals surface area contributed by atoms with E-state index in [0.717, 1.165) is 13.1 Å². The molecule has 2 aliphatic heterocycles. The van der Waals surface area contributed by atoms with Crippen LogP contribution in [-0.2, 0) is 9.53 Å². The second kappa shape index (κ2) is 10.7. The summed E-state index contributed by atoms with van der Waals surface area (Å²) in [5.74, 6) is -0.263. The van der Waals surface area contributed by atoms with Crippen molar-refractivity contribution in [1.82, 2.24) is 14.7 Å². The molecule has 182 valence electrons. The molecular formula is C25H29ClFN3O4. The van der Waals surface area contributed by atoms with Gasteiger partial charge in [0, 0.05) is 43.3 Å². The van der Waals surface area contributed by atoms with Gasteiger partial charge in [0.15, 0.2) is 0 Å². The average molecular weight is 490 g/mol. The molecular weight excluding hydrogens is 461 g/mol. The Hall–Kier alpha value is -2.68. The molecule has 1 atom stereocenters. The highest BCUT2D eigenvalue weighted by atomic mass is 35.5. The summed E-state index contributed by atoms with van der Waals surface area (Å²) in [5.41, 5.74) is -0.777. The molecule has 2 amide bonds. The topological polar surface area (TPSA) is 62.3 Å². The molecule has 0 aliphatic carbocycles. The van der Waals surface area contributed by atoms with E-state index in [4.69, 9.17) is 21.1 Å². The van der Waals surface area contributed by atoms with E-state index in [1.54, 1.807) is 35.2 Å². The van der Waals surface area contributed by atoms with Crippen LogP contribution in [0.5, 0.6) is 5.75 Å². The monoisotopic (exact) mass is 489 g/mol. The van der Waals surface area contributed by atoms with Crippen molar-refractivity contribution in [3.8, 4) is 5.75 Å². The van der Waals surface area contributed by atoms with Gasteiger partial charge in [-0.25, -0.2) is 4.39 Å². The zero-order valence-corrected chi connectivity index (χ0v) is 20.0. The maximum Gasteiger partial charge on any atom is 0.254 e. The summed E-state index contributed by atoms with van der Waals surface area (Å²) in [6.07, 6.45) is 0.0736. The highest BCUT2D eigenvalue weighted by molar-refractivity contribution is 6.30. The first-order chi connectivity index (χ1) is 16.3. The van der Waals surface area contributed by atoms with Crippen molar-refractivity contribution in [3.05, 3.63) is 64.9 Å². The maximum absolute atomic E-state index is 13.7. The van der Waals surface area contributed by atoms with E-state index in [2.05, 4.69) is 4.90 Å². The Morgan fingerprint density at radius 2 is 1.82 bits per heavy atom. The number of nitrogens with zero attached hydrogens (tertiary/aromatic N) is 3. The van der Waals surface area contributed by atoms with Crippen LogP contribution in [0.4, 0.5) is 4.39 Å². The smallest absolute Gasteiger partial charge is 0.254 e. The number of halogens is 2. The van der Waals surface area contributed by atoms with Gasteiger partial charge in [0.2, 0.25) is 5.91 Å². The number of hydrogen-bond donors (Lipinski definition) is 0. The lowest BCUT2D eigenvalue weighted by Crippen LogP contribution is -2.59. The fourth-order valence-corrected chi connectivity index (χ4v) is 4.46. The molecule has 7 nitrogen and oxygen atoms in total. The molecule has 0 bridgehead atoms. The lowest BCUT2D eigenvalue weighted by molar-refractivity contribution is -0.154. The van der Waals surface area contributed by atoms with Crippen molar-refractivity contribution < 1.29 is 23.5 Å². The maximum atomic E-state index is 13.7. The van der Waals surface area contributed by atoms with Crippen LogP contribution in [0.1, 0.15) is 16.8 Å². The molecule has 0 N–H and O–H groups in total. The van der Waals surface area contributed by atoms with Crippen molar-refractivity contribution in [1.29, 1.82) is 0 Å². The van der Waals surface area contributed by atoms with Gasteiger partial charge in [-0.15, -0.1) is 0 Å². The third-order valence-corrected chi connectivity index (χ3v) is 6.47. The van der Waals surface area contributed by atoms with E-state index in [1.807, 2.05) is 11.9 Å². The number of likely N-dealkylation sites (N-methyl/N-ethyl adjacent to an activating group) is 1. The van der Waals surface area contributed by atoms with Crippen molar-refractivity contribution in [3.63, 3.8) is 0 Å². The van der Waals surface area contributed by atoms with E-state index in [1.165, 1.54) is 18.2 Å². The predicted molar refractivity (Wildman–Crippen MR) is 127 cm³/mol. The molecule has 0 saturated carbocycles. The highest BCUT2D eigenvalue weighted by Crippen LogP contribution is 2.27. The minimum absolute atomic E-state index is 0.0390. The van der Waals surface area contributed by atoms with Gasteiger partial charge in [0.25, 0.3) is 5.91 Å². The zero-order valence-electron chi connectivity index (χ0n) is 19.2. The van der Waals surface area contributed by atoms with Gasteiger partial charge < -0.3 is 24.2 Å². The predicted octanol–water partition coefficient (Wildman–Crippen LogP) is 2.93. The quantitative estimate of drug-likeness (QED) is 0.624. The van der Waals surface area contributed by atoms with E-state index in [-0.39, 0.29) is 43.6 Å². The fraction of sp³-hybridized carbons (Fsp3) is 0.440. The standard InChI is InChI=1S/C25H29ClFN3O4/c1-28-8-10-29(11-9-28)23(31)16-25(18-33-22-7-3-5-20(26)15-22)17-30(12-13-34-25)24(32)19-4-2-6-21(27)14-19/h2-7,14-15H,8-13,16-18H2,1H3. The molecule has 2 aromatic carbocycles. The summed E-state index contributed by atoms with van der Waals surface area (Å²) in [5, 5.41) is 0.535. The summed E-state index contributed by atoms with van der Waals surface area (Å²) in [6, 6.07) is 12.6. The summed E-state index contributed by atoms with van der Waals surface area (Å²) < 4.78 is 25.9. The van der Waals surface area contributed by atoms with E-state index in [9.17, 15) is 14.0 Å². The van der Waals surface area contributed by atoms with Crippen LogP contribution in [0.15, 0.2) is 48.5 Å². The van der Waals surface area contributed by atoms with Gasteiger partial charge in [0.05, 0.1) is 19.6 Å². The Morgan fingerprint density at radius 1 is 1.06 bits per heavy atom. The molecule has 1 unspecified atom stereocenters. The van der Waals surface area contributed by atoms with Gasteiger partial charge in [-0.05, 0) is 43.4 Å². The number of carbonyl (C=O) groups excluding carboxylic acids is 2. The summed E-state index contributed by atoms with van der Waals surface area (Å²) in [6.45, 7) is 3.72. The second-order valence-electron chi connectivity index (χ2n) is 8.88. The Labute approximate surface area is 204 Å². The molecule has 2 aromatic rings. The number of piperazine rings is 1. The van der Waals surface area contributed by atoms with Crippen molar-refractivity contribution in [2.45, 2.75) is 12.0 Å². The number of morpholine rings is 1. The van der Waals surface area contributed by atoms with Crippen LogP contribution in [0, 0.1) is 5.82 Å². The number of hydrogen-bond acceptors (Lipinski definition) is 5. The number of carbonyl (C=O) groups is 2. The first-order valence-corrected chi connectivity index (χ1v) is 11.7. The zero-order chi connectivity index (χ0) is 24.1. The summed E-state index contributed by atoms with van der Waals surface area (Å²) in [4.78, 5) is 32.0. The van der Waals surface area contributed by atoms with E-state index < -0.39 is 11.4 Å². The molecule has 0 aromatic heterocycles. The van der Waals surface area contributed by atoms with Crippen molar-refractivity contribution >= 4 is 23.4 Å². The molecule has 9 heteroatoms. The Balaban J connectivity index is 1.53. The van der Waals surface area contributed by atoms with E-state index in [0.29, 0.717) is 30.4 Å². The number of ether oxygens (including phenoxy) is 2. The van der Waals surface area contributed by atoms with Crippen LogP contribution in [0.3, 0.4) is 0 Å². The Morgan fingerprint density at radius 3 is 2.56 bits per heavy atom. The summed E-state index contributed by atoms with van der Waals surface area (Å²) >= 11 is 6.08. The van der Waals surface area contributed by atoms with Crippen LogP contribution in [-0.4, -0.2) is 91.6 Å². The molecule has 2 heterocycles. The lowest BCUT2D eigenvalue weighted by atomic mass is 9.96. The molecule has 34 heavy (non-hydrogen) atoms. The lowest BCUT2D eigenvalue weighted by Gasteiger charge is -2.43. The summed E-state index contributed by atoms with van der Waals surface area (Å²) in [7, 11) is 2.03.